The Kier molecular flexibility index (Phi) is 9.49. The fourth-order valence-electron chi connectivity index (χ4n) is 4.41. The fraction of sp³-hybridized carbons (Fsp3) is 0.483. The van der Waals surface area contributed by atoms with Crippen LogP contribution in [0.2, 0.25) is 0 Å². The molecule has 0 aliphatic carbocycles. The molecule has 9 heteroatoms. The summed E-state index contributed by atoms with van der Waals surface area (Å²) in [5, 5.41) is 16.9. The third-order valence-corrected chi connectivity index (χ3v) is 7.80. The van der Waals surface area contributed by atoms with Gasteiger partial charge < -0.3 is 25.4 Å². The van der Waals surface area contributed by atoms with Crippen LogP contribution in [0.25, 0.3) is 0 Å². The minimum Gasteiger partial charge on any atom is -0.444 e. The van der Waals surface area contributed by atoms with E-state index < -0.39 is 40.5 Å². The van der Waals surface area contributed by atoms with Crippen molar-refractivity contribution in [3.8, 4) is 0 Å². The van der Waals surface area contributed by atoms with Crippen LogP contribution in [0.15, 0.2) is 54.6 Å². The molecule has 2 aromatic carbocycles. The summed E-state index contributed by atoms with van der Waals surface area (Å²) < 4.78 is 4.81. The zero-order chi connectivity index (χ0) is 28.1. The molecule has 1 aliphatic rings. The molecular formula is C29H39N3O5S. The molecule has 0 saturated carbocycles. The summed E-state index contributed by atoms with van der Waals surface area (Å²) in [5.41, 5.74) is 2.15. The molecule has 3 N–H and O–H groups in total. The number of rotatable bonds is 8. The molecule has 1 fully saturated rings. The van der Waals surface area contributed by atoms with Gasteiger partial charge in [-0.1, -0.05) is 54.6 Å². The first-order valence-corrected chi connectivity index (χ1v) is 13.8. The van der Waals surface area contributed by atoms with Crippen LogP contribution < -0.4 is 10.6 Å². The molecule has 3 rings (SSSR count). The van der Waals surface area contributed by atoms with E-state index in [0.29, 0.717) is 6.54 Å². The van der Waals surface area contributed by atoms with Gasteiger partial charge in [0.15, 0.2) is 6.10 Å². The van der Waals surface area contributed by atoms with Gasteiger partial charge in [-0.3, -0.25) is 9.59 Å². The van der Waals surface area contributed by atoms with Gasteiger partial charge >= 0.3 is 6.09 Å². The Balaban J connectivity index is 1.79. The number of hydrogen-bond donors (Lipinski definition) is 3. The lowest BCUT2D eigenvalue weighted by Gasteiger charge is -2.33. The zero-order valence-electron chi connectivity index (χ0n) is 23.0. The minimum absolute atomic E-state index is 0.210. The molecule has 3 atom stereocenters. The third kappa shape index (κ3) is 7.74. The van der Waals surface area contributed by atoms with Crippen LogP contribution in [-0.4, -0.2) is 62.3 Å². The van der Waals surface area contributed by atoms with E-state index in [2.05, 4.69) is 10.6 Å². The average Bonchev–Trinajstić information content (AvgIpc) is 3.16. The molecule has 8 nitrogen and oxygen atoms in total. The van der Waals surface area contributed by atoms with Gasteiger partial charge in [-0.15, -0.1) is 11.8 Å². The lowest BCUT2D eigenvalue weighted by Crippen LogP contribution is -2.58. The second-order valence-corrected chi connectivity index (χ2v) is 12.7. The Bertz CT molecular complexity index is 1130. The van der Waals surface area contributed by atoms with Crippen molar-refractivity contribution in [2.45, 2.75) is 83.0 Å². The van der Waals surface area contributed by atoms with E-state index in [4.69, 9.17) is 4.74 Å². The second kappa shape index (κ2) is 12.2. The zero-order valence-corrected chi connectivity index (χ0v) is 23.8. The number of alkyl carbamates (subject to hydrolysis) is 1. The van der Waals surface area contributed by atoms with Crippen molar-refractivity contribution >= 4 is 29.7 Å². The van der Waals surface area contributed by atoms with Crippen molar-refractivity contribution in [3.05, 3.63) is 71.3 Å². The lowest BCUT2D eigenvalue weighted by atomic mass is 9.97. The van der Waals surface area contributed by atoms with Gasteiger partial charge in [0.2, 0.25) is 5.91 Å². The number of nitrogens with one attached hydrogen (secondary N) is 2. The first-order valence-electron chi connectivity index (χ1n) is 12.8. The normalized spacial score (nSPS) is 18.4. The van der Waals surface area contributed by atoms with Crippen LogP contribution in [0.5, 0.6) is 0 Å². The monoisotopic (exact) mass is 541 g/mol. The maximum Gasteiger partial charge on any atom is 0.407 e. The summed E-state index contributed by atoms with van der Waals surface area (Å²) >= 11 is 1.47. The second-order valence-electron chi connectivity index (χ2n) is 11.1. The van der Waals surface area contributed by atoms with Crippen LogP contribution in [0.1, 0.15) is 51.3 Å². The number of aliphatic hydroxyl groups is 1. The number of aliphatic hydroxyl groups excluding tert-OH is 1. The van der Waals surface area contributed by atoms with Gasteiger partial charge in [-0.2, -0.15) is 0 Å². The number of nitrogens with zero attached hydrogens (tertiary/aromatic N) is 1. The Morgan fingerprint density at radius 1 is 1.11 bits per heavy atom. The van der Waals surface area contributed by atoms with Gasteiger partial charge in [0.25, 0.3) is 5.91 Å². The number of carbonyl (C=O) groups is 3. The van der Waals surface area contributed by atoms with Crippen LogP contribution in [0.3, 0.4) is 0 Å². The number of hydrogen-bond acceptors (Lipinski definition) is 6. The number of amides is 3. The third-order valence-electron chi connectivity index (χ3n) is 6.43. The van der Waals surface area contributed by atoms with Crippen LogP contribution in [-0.2, 0) is 27.3 Å². The van der Waals surface area contributed by atoms with Crippen molar-refractivity contribution in [1.29, 1.82) is 0 Å². The fourth-order valence-corrected chi connectivity index (χ4v) is 5.55. The Hall–Kier alpha value is -3.04. The number of ether oxygens (including phenoxy) is 1. The van der Waals surface area contributed by atoms with Crippen molar-refractivity contribution in [3.63, 3.8) is 0 Å². The Labute approximate surface area is 229 Å². The molecule has 206 valence electrons. The number of aryl methyl sites for hydroxylation is 1. The Morgan fingerprint density at radius 3 is 2.37 bits per heavy atom. The van der Waals surface area contributed by atoms with Crippen LogP contribution in [0, 0.1) is 6.92 Å². The highest BCUT2D eigenvalue weighted by atomic mass is 32.2. The topological polar surface area (TPSA) is 108 Å². The highest BCUT2D eigenvalue weighted by Gasteiger charge is 2.49. The highest BCUT2D eigenvalue weighted by Crippen LogP contribution is 2.40. The van der Waals surface area contributed by atoms with Crippen molar-refractivity contribution in [2.24, 2.45) is 0 Å². The molecule has 3 unspecified atom stereocenters. The molecule has 0 bridgehead atoms. The SMILES string of the molecule is Cc1ccccc1CNC(=O)C1N(C(=O)C(O)C(Cc2ccccc2)NC(=O)OC(C)(C)C)CSC1(C)C. The highest BCUT2D eigenvalue weighted by molar-refractivity contribution is 8.00. The van der Waals surface area contributed by atoms with Crippen molar-refractivity contribution in [2.75, 3.05) is 5.88 Å². The molecule has 38 heavy (non-hydrogen) atoms. The predicted octanol–water partition coefficient (Wildman–Crippen LogP) is 3.79. The Morgan fingerprint density at radius 2 is 1.74 bits per heavy atom. The summed E-state index contributed by atoms with van der Waals surface area (Å²) in [6.07, 6.45) is -2.10. The van der Waals surface area contributed by atoms with E-state index in [-0.39, 0.29) is 18.2 Å². The van der Waals surface area contributed by atoms with E-state index in [1.165, 1.54) is 16.7 Å². The summed E-state index contributed by atoms with van der Waals surface area (Å²) in [6, 6.07) is 15.3. The summed E-state index contributed by atoms with van der Waals surface area (Å²) in [6.45, 7) is 11.4. The molecule has 1 heterocycles. The maximum absolute atomic E-state index is 13.7. The maximum atomic E-state index is 13.7. The van der Waals surface area contributed by atoms with E-state index in [1.807, 2.05) is 75.4 Å². The number of benzene rings is 2. The molecular weight excluding hydrogens is 502 g/mol. The molecule has 2 aromatic rings. The average molecular weight is 542 g/mol. The first kappa shape index (κ1) is 29.5. The van der Waals surface area contributed by atoms with Crippen LogP contribution >= 0.6 is 11.8 Å². The molecule has 3 amide bonds. The first-order chi connectivity index (χ1) is 17.8. The summed E-state index contributed by atoms with van der Waals surface area (Å²) in [5.74, 6) is -0.657. The number of thioether (sulfide) groups is 1. The summed E-state index contributed by atoms with van der Waals surface area (Å²) in [7, 11) is 0. The molecule has 1 saturated heterocycles. The minimum atomic E-state index is -1.58. The quantitative estimate of drug-likeness (QED) is 0.469. The lowest BCUT2D eigenvalue weighted by molar-refractivity contribution is -0.147. The predicted molar refractivity (Wildman–Crippen MR) is 150 cm³/mol. The summed E-state index contributed by atoms with van der Waals surface area (Å²) in [4.78, 5) is 41.1. The van der Waals surface area contributed by atoms with E-state index in [9.17, 15) is 19.5 Å². The van der Waals surface area contributed by atoms with Gasteiger partial charge in [-0.25, -0.2) is 4.79 Å². The van der Waals surface area contributed by atoms with Gasteiger partial charge in [-0.05, 0) is 64.7 Å². The van der Waals surface area contributed by atoms with E-state index in [0.717, 1.165) is 16.7 Å². The molecule has 0 radical (unpaired) electrons. The number of carbonyl (C=O) groups excluding carboxylic acids is 3. The van der Waals surface area contributed by atoms with Crippen LogP contribution in [0.4, 0.5) is 4.79 Å². The molecule has 0 spiro atoms. The van der Waals surface area contributed by atoms with Gasteiger partial charge in [0.1, 0.15) is 11.6 Å². The smallest absolute Gasteiger partial charge is 0.407 e. The molecule has 0 aromatic heterocycles. The largest absolute Gasteiger partial charge is 0.444 e. The standard InChI is InChI=1S/C29H39N3O5S/c1-19-12-10-11-15-21(19)17-30-25(34)24-29(5,6)38-18-32(24)26(35)23(33)22(16-20-13-8-7-9-14-20)31-27(36)37-28(2,3)4/h7-15,22-24,33H,16-18H2,1-6H3,(H,30,34)(H,31,36). The van der Waals surface area contributed by atoms with Crippen molar-refractivity contribution in [1.82, 2.24) is 15.5 Å². The molecule has 1 aliphatic heterocycles. The van der Waals surface area contributed by atoms with Crippen molar-refractivity contribution < 1.29 is 24.2 Å². The van der Waals surface area contributed by atoms with Gasteiger partial charge in [0.05, 0.1) is 11.9 Å². The van der Waals surface area contributed by atoms with Gasteiger partial charge in [0, 0.05) is 11.3 Å². The van der Waals surface area contributed by atoms with E-state index in [1.54, 1.807) is 20.8 Å². The van der Waals surface area contributed by atoms with E-state index >= 15 is 0 Å².